The highest BCUT2D eigenvalue weighted by atomic mass is 32.2. The lowest BCUT2D eigenvalue weighted by molar-refractivity contribution is 0.489. The third kappa shape index (κ3) is 4.86. The third-order valence-electron chi connectivity index (χ3n) is 4.93. The summed E-state index contributed by atoms with van der Waals surface area (Å²) in [6, 6.07) is 18.0. The van der Waals surface area contributed by atoms with Crippen molar-refractivity contribution in [3.63, 3.8) is 0 Å². The summed E-state index contributed by atoms with van der Waals surface area (Å²) < 4.78 is 33.0. The average Bonchev–Trinajstić information content (AvgIpc) is 3.28. The second-order valence-corrected chi connectivity index (χ2v) is 9.30. The summed E-state index contributed by atoms with van der Waals surface area (Å²) in [4.78, 5) is 19.2. The molecule has 0 aliphatic carbocycles. The summed E-state index contributed by atoms with van der Waals surface area (Å²) >= 11 is 1.51. The van der Waals surface area contributed by atoms with Crippen LogP contribution in [0.5, 0.6) is 0 Å². The molecular formula is C23H18N6O3S2. The molecule has 5 rings (SSSR count). The molecule has 0 bridgehead atoms. The summed E-state index contributed by atoms with van der Waals surface area (Å²) in [5, 5.41) is 6.28. The first-order valence-electron chi connectivity index (χ1n) is 10.2. The lowest BCUT2D eigenvalue weighted by Crippen LogP contribution is -2.10. The molecule has 0 fully saturated rings. The van der Waals surface area contributed by atoms with Crippen LogP contribution in [0.2, 0.25) is 0 Å². The first kappa shape index (κ1) is 21.9. The van der Waals surface area contributed by atoms with Crippen LogP contribution in [-0.4, -0.2) is 32.9 Å². The number of aromatic nitrogens is 4. The van der Waals surface area contributed by atoms with E-state index in [4.69, 9.17) is 14.5 Å². The number of fused-ring (bicyclic) bond motifs is 1. The number of pyridine rings is 2. The molecule has 0 saturated carbocycles. The van der Waals surface area contributed by atoms with E-state index < -0.39 is 10.3 Å². The number of anilines is 2. The van der Waals surface area contributed by atoms with Crippen molar-refractivity contribution in [2.45, 2.75) is 6.54 Å². The van der Waals surface area contributed by atoms with Gasteiger partial charge in [-0.3, -0.25) is 19.2 Å². The number of thiophene rings is 1. The second-order valence-electron chi connectivity index (χ2n) is 7.28. The van der Waals surface area contributed by atoms with Crippen molar-refractivity contribution >= 4 is 43.4 Å². The molecule has 170 valence electrons. The summed E-state index contributed by atoms with van der Waals surface area (Å²) in [7, 11) is -4.32. The van der Waals surface area contributed by atoms with E-state index in [9.17, 15) is 8.42 Å². The van der Waals surface area contributed by atoms with Gasteiger partial charge in [-0.1, -0.05) is 24.3 Å². The normalized spacial score (nSPS) is 11.4. The molecule has 0 saturated heterocycles. The number of nitrogens with zero attached hydrogens (tertiary/aromatic N) is 4. The topological polar surface area (TPSA) is 130 Å². The minimum absolute atomic E-state index is 0.267. The number of nitrogens with one attached hydrogen (secondary N) is 2. The van der Waals surface area contributed by atoms with Gasteiger partial charge in [0.1, 0.15) is 16.3 Å². The number of hydrogen-bond donors (Lipinski definition) is 3. The van der Waals surface area contributed by atoms with E-state index >= 15 is 0 Å². The zero-order valence-corrected chi connectivity index (χ0v) is 19.2. The number of hydrogen-bond acceptors (Lipinski definition) is 8. The quantitative estimate of drug-likeness (QED) is 0.281. The van der Waals surface area contributed by atoms with Crippen LogP contribution in [0.3, 0.4) is 0 Å². The Labute approximate surface area is 199 Å². The maximum Gasteiger partial charge on any atom is 0.357 e. The van der Waals surface area contributed by atoms with Crippen LogP contribution < -0.4 is 10.0 Å². The fraction of sp³-hybridized carbons (Fsp3) is 0.0435. The van der Waals surface area contributed by atoms with Crippen molar-refractivity contribution in [2.24, 2.45) is 0 Å². The molecule has 0 aliphatic heterocycles. The van der Waals surface area contributed by atoms with Crippen LogP contribution in [0.4, 0.5) is 11.5 Å². The van der Waals surface area contributed by atoms with E-state index in [1.807, 2.05) is 46.5 Å². The van der Waals surface area contributed by atoms with E-state index in [-0.39, 0.29) is 5.69 Å². The van der Waals surface area contributed by atoms with Gasteiger partial charge in [0.15, 0.2) is 5.82 Å². The first-order valence-corrected chi connectivity index (χ1v) is 12.5. The lowest BCUT2D eigenvalue weighted by Gasteiger charge is -2.11. The van der Waals surface area contributed by atoms with Gasteiger partial charge >= 0.3 is 10.3 Å². The molecule has 9 nitrogen and oxygen atoms in total. The molecule has 4 aromatic heterocycles. The Morgan fingerprint density at radius 2 is 1.59 bits per heavy atom. The number of benzene rings is 1. The van der Waals surface area contributed by atoms with E-state index in [1.54, 1.807) is 36.7 Å². The fourth-order valence-electron chi connectivity index (χ4n) is 3.42. The average molecular weight is 491 g/mol. The van der Waals surface area contributed by atoms with Crippen molar-refractivity contribution in [1.29, 1.82) is 0 Å². The van der Waals surface area contributed by atoms with Gasteiger partial charge in [-0.05, 0) is 42.0 Å². The molecular weight excluding hydrogens is 472 g/mol. The van der Waals surface area contributed by atoms with Crippen molar-refractivity contribution in [3.8, 4) is 22.8 Å². The second kappa shape index (κ2) is 9.14. The monoisotopic (exact) mass is 490 g/mol. The molecule has 4 heterocycles. The predicted octanol–water partition coefficient (Wildman–Crippen LogP) is 4.64. The molecule has 11 heteroatoms. The smallest absolute Gasteiger partial charge is 0.357 e. The van der Waals surface area contributed by atoms with Gasteiger partial charge in [-0.25, -0.2) is 9.97 Å². The Bertz CT molecular complexity index is 1540. The standard InChI is InChI=1S/C23H18N6O3S2/c30-34(31,32)29-16-9-7-15(8-10-16)13-26-22-20-17(18-5-1-3-11-24-18)14-33-23(20)28-21(27-22)19-6-2-4-12-25-19/h1-12,14,29H,13H2,(H,26,27,28)(H,30,31,32). The van der Waals surface area contributed by atoms with Gasteiger partial charge in [-0.2, -0.15) is 8.42 Å². The molecule has 0 radical (unpaired) electrons. The molecule has 34 heavy (non-hydrogen) atoms. The molecule has 1 aromatic carbocycles. The largest absolute Gasteiger partial charge is 0.365 e. The van der Waals surface area contributed by atoms with Crippen LogP contribution >= 0.6 is 11.3 Å². The van der Waals surface area contributed by atoms with Crippen LogP contribution in [0.15, 0.2) is 78.4 Å². The van der Waals surface area contributed by atoms with Gasteiger partial charge in [-0.15, -0.1) is 11.3 Å². The van der Waals surface area contributed by atoms with Crippen LogP contribution in [0.25, 0.3) is 33.0 Å². The molecule has 0 atom stereocenters. The van der Waals surface area contributed by atoms with E-state index in [0.29, 0.717) is 23.9 Å². The van der Waals surface area contributed by atoms with Gasteiger partial charge < -0.3 is 5.32 Å². The zero-order chi connectivity index (χ0) is 23.5. The first-order chi connectivity index (χ1) is 16.5. The molecule has 3 N–H and O–H groups in total. The van der Waals surface area contributed by atoms with Crippen molar-refractivity contribution in [1.82, 2.24) is 19.9 Å². The van der Waals surface area contributed by atoms with Crippen molar-refractivity contribution in [3.05, 3.63) is 84.0 Å². The molecule has 0 amide bonds. The van der Waals surface area contributed by atoms with Gasteiger partial charge in [0.25, 0.3) is 0 Å². The predicted molar refractivity (Wildman–Crippen MR) is 133 cm³/mol. The highest BCUT2D eigenvalue weighted by molar-refractivity contribution is 7.87. The summed E-state index contributed by atoms with van der Waals surface area (Å²) in [6.07, 6.45) is 3.45. The third-order valence-corrected chi connectivity index (χ3v) is 6.30. The molecule has 0 unspecified atom stereocenters. The Hall–Kier alpha value is -3.93. The van der Waals surface area contributed by atoms with Crippen molar-refractivity contribution < 1.29 is 13.0 Å². The van der Waals surface area contributed by atoms with Crippen LogP contribution in [0.1, 0.15) is 5.56 Å². The van der Waals surface area contributed by atoms with Gasteiger partial charge in [0.2, 0.25) is 0 Å². The van der Waals surface area contributed by atoms with Crippen LogP contribution in [0, 0.1) is 0 Å². The summed E-state index contributed by atoms with van der Waals surface area (Å²) in [5.41, 5.74) is 3.58. The maximum atomic E-state index is 11.0. The zero-order valence-electron chi connectivity index (χ0n) is 17.6. The Kier molecular flexibility index (Phi) is 5.88. The molecule has 5 aromatic rings. The Balaban J connectivity index is 1.52. The highest BCUT2D eigenvalue weighted by Gasteiger charge is 2.17. The molecule has 0 aliphatic rings. The summed E-state index contributed by atoms with van der Waals surface area (Å²) in [6.45, 7) is 0.428. The van der Waals surface area contributed by atoms with E-state index in [0.717, 1.165) is 27.0 Å². The van der Waals surface area contributed by atoms with Crippen LogP contribution in [-0.2, 0) is 16.8 Å². The van der Waals surface area contributed by atoms with Crippen molar-refractivity contribution in [2.75, 3.05) is 10.0 Å². The Morgan fingerprint density at radius 1 is 0.882 bits per heavy atom. The fourth-order valence-corrected chi connectivity index (χ4v) is 4.78. The Morgan fingerprint density at radius 3 is 2.24 bits per heavy atom. The van der Waals surface area contributed by atoms with E-state index in [2.05, 4.69) is 15.3 Å². The molecule has 0 spiro atoms. The minimum atomic E-state index is -4.32. The SMILES string of the molecule is O=S(=O)(O)Nc1ccc(CNc2nc(-c3ccccn3)nc3scc(-c4ccccn4)c23)cc1. The summed E-state index contributed by atoms with van der Waals surface area (Å²) in [5.74, 6) is 1.16. The van der Waals surface area contributed by atoms with Gasteiger partial charge in [0, 0.05) is 29.9 Å². The lowest BCUT2D eigenvalue weighted by atomic mass is 10.1. The number of rotatable bonds is 7. The van der Waals surface area contributed by atoms with E-state index in [1.165, 1.54) is 11.3 Å². The van der Waals surface area contributed by atoms with Gasteiger partial charge in [0.05, 0.1) is 16.8 Å². The maximum absolute atomic E-state index is 11.0. The minimum Gasteiger partial charge on any atom is -0.365 e. The highest BCUT2D eigenvalue weighted by Crippen LogP contribution is 2.37.